The predicted octanol–water partition coefficient (Wildman–Crippen LogP) is -1.26. The van der Waals surface area contributed by atoms with Crippen molar-refractivity contribution < 1.29 is 48.3 Å². The fraction of sp³-hybridized carbons (Fsp3) is 0.923. The standard InChI is InChI=1S/C13H29NO4Si.Na/c1-14(8-6-12-19(4,5)17-3)9-7-13(15)18-11-10-16-2;/h6-12H2,1-5H3;/q;+1. The molecule has 0 aliphatic carbocycles. The third kappa shape index (κ3) is 13.5. The summed E-state index contributed by atoms with van der Waals surface area (Å²) in [4.78, 5) is 13.5. The molecule has 0 fully saturated rings. The molecule has 0 aliphatic heterocycles. The summed E-state index contributed by atoms with van der Waals surface area (Å²) in [7, 11) is 3.98. The molecule has 0 spiro atoms. The topological polar surface area (TPSA) is 48.0 Å². The summed E-state index contributed by atoms with van der Waals surface area (Å²) in [6.07, 6.45) is 1.55. The third-order valence-electron chi connectivity index (χ3n) is 3.12. The van der Waals surface area contributed by atoms with E-state index >= 15 is 0 Å². The Morgan fingerprint density at radius 1 is 1.15 bits per heavy atom. The van der Waals surface area contributed by atoms with Gasteiger partial charge >= 0.3 is 35.5 Å². The van der Waals surface area contributed by atoms with Gasteiger partial charge in [-0.1, -0.05) is 0 Å². The van der Waals surface area contributed by atoms with Crippen molar-refractivity contribution in [1.29, 1.82) is 0 Å². The van der Waals surface area contributed by atoms with Gasteiger partial charge in [-0.05, 0) is 39.2 Å². The van der Waals surface area contributed by atoms with E-state index in [-0.39, 0.29) is 35.5 Å². The van der Waals surface area contributed by atoms with E-state index in [9.17, 15) is 4.79 Å². The molecule has 0 N–H and O–H groups in total. The minimum atomic E-state index is -1.44. The molecule has 0 saturated heterocycles. The van der Waals surface area contributed by atoms with Gasteiger partial charge in [-0.15, -0.1) is 0 Å². The van der Waals surface area contributed by atoms with Crippen molar-refractivity contribution >= 4 is 14.3 Å². The number of ether oxygens (including phenoxy) is 2. The van der Waals surface area contributed by atoms with Crippen molar-refractivity contribution in [2.75, 3.05) is 47.6 Å². The van der Waals surface area contributed by atoms with Crippen LogP contribution < -0.4 is 29.6 Å². The van der Waals surface area contributed by atoms with Gasteiger partial charge in [0.1, 0.15) is 6.61 Å². The molecular weight excluding hydrogens is 285 g/mol. The maximum absolute atomic E-state index is 11.4. The Kier molecular flexibility index (Phi) is 15.1. The molecule has 0 rings (SSSR count). The van der Waals surface area contributed by atoms with Crippen LogP contribution in [0.5, 0.6) is 0 Å². The molecule has 0 aromatic carbocycles. The molecule has 0 saturated carbocycles. The summed E-state index contributed by atoms with van der Waals surface area (Å²) in [5, 5.41) is 0. The van der Waals surface area contributed by atoms with E-state index in [1.807, 2.05) is 7.05 Å². The second kappa shape index (κ2) is 13.2. The molecule has 0 unspecified atom stereocenters. The molecule has 0 aromatic rings. The van der Waals surface area contributed by atoms with Crippen LogP contribution in [0.3, 0.4) is 0 Å². The van der Waals surface area contributed by atoms with Crippen LogP contribution in [0, 0.1) is 0 Å². The largest absolute Gasteiger partial charge is 1.00 e. The number of carbonyl (C=O) groups excluding carboxylic acids is 1. The van der Waals surface area contributed by atoms with Crippen molar-refractivity contribution in [2.45, 2.75) is 32.0 Å². The van der Waals surface area contributed by atoms with Crippen molar-refractivity contribution in [3.63, 3.8) is 0 Å². The molecule has 0 heterocycles. The first-order chi connectivity index (χ1) is 8.91. The minimum absolute atomic E-state index is 0. The Balaban J connectivity index is 0. The fourth-order valence-electron chi connectivity index (χ4n) is 1.58. The number of methoxy groups -OCH3 is 1. The first-order valence-corrected chi connectivity index (χ1v) is 9.91. The number of rotatable bonds is 11. The Hall–Kier alpha value is 0.567. The maximum atomic E-state index is 11.4. The van der Waals surface area contributed by atoms with Gasteiger partial charge in [0.25, 0.3) is 0 Å². The van der Waals surface area contributed by atoms with E-state index in [1.54, 1.807) is 14.2 Å². The molecule has 0 aliphatic rings. The SMILES string of the molecule is COCCOC(=O)CCN(C)CCC[Si](C)(C)OC.[Na+]. The molecule has 0 atom stereocenters. The number of nitrogens with zero attached hydrogens (tertiary/aromatic N) is 1. The fourth-order valence-corrected chi connectivity index (χ4v) is 2.80. The van der Waals surface area contributed by atoms with Crippen LogP contribution in [0.4, 0.5) is 0 Å². The molecule has 0 radical (unpaired) electrons. The summed E-state index contributed by atoms with van der Waals surface area (Å²) < 4.78 is 15.3. The van der Waals surface area contributed by atoms with Gasteiger partial charge in [0.05, 0.1) is 13.0 Å². The third-order valence-corrected chi connectivity index (χ3v) is 5.78. The average Bonchev–Trinajstić information content (AvgIpc) is 2.36. The van der Waals surface area contributed by atoms with E-state index in [0.717, 1.165) is 25.6 Å². The predicted molar refractivity (Wildman–Crippen MR) is 78.9 cm³/mol. The number of hydrogen-bond donors (Lipinski definition) is 0. The average molecular weight is 314 g/mol. The zero-order valence-electron chi connectivity index (χ0n) is 14.0. The van der Waals surface area contributed by atoms with Gasteiger partial charge in [-0.3, -0.25) is 4.79 Å². The second-order valence-electron chi connectivity index (χ2n) is 5.33. The summed E-state index contributed by atoms with van der Waals surface area (Å²) in [5.74, 6) is -0.157. The van der Waals surface area contributed by atoms with Gasteiger partial charge in [0, 0.05) is 20.8 Å². The Morgan fingerprint density at radius 3 is 2.35 bits per heavy atom. The van der Waals surface area contributed by atoms with Crippen LogP contribution in [-0.4, -0.2) is 66.8 Å². The van der Waals surface area contributed by atoms with E-state index in [4.69, 9.17) is 13.9 Å². The van der Waals surface area contributed by atoms with Gasteiger partial charge in [-0.2, -0.15) is 0 Å². The summed E-state index contributed by atoms with van der Waals surface area (Å²) in [6, 6.07) is 1.14. The summed E-state index contributed by atoms with van der Waals surface area (Å²) in [6.45, 7) is 6.97. The smallest absolute Gasteiger partial charge is 0.463 e. The maximum Gasteiger partial charge on any atom is 1.00 e. The Labute approximate surface area is 146 Å². The molecule has 0 aromatic heterocycles. The molecule has 20 heavy (non-hydrogen) atoms. The number of esters is 1. The van der Waals surface area contributed by atoms with Crippen molar-refractivity contribution in [3.8, 4) is 0 Å². The summed E-state index contributed by atoms with van der Waals surface area (Å²) >= 11 is 0. The molecule has 0 amide bonds. The van der Waals surface area contributed by atoms with Crippen molar-refractivity contribution in [3.05, 3.63) is 0 Å². The monoisotopic (exact) mass is 314 g/mol. The molecule has 5 nitrogen and oxygen atoms in total. The zero-order chi connectivity index (χ0) is 14.7. The summed E-state index contributed by atoms with van der Waals surface area (Å²) in [5.41, 5.74) is 0. The van der Waals surface area contributed by atoms with Crippen molar-refractivity contribution in [1.82, 2.24) is 4.90 Å². The minimum Gasteiger partial charge on any atom is -0.463 e. The van der Waals surface area contributed by atoms with Gasteiger partial charge < -0.3 is 18.8 Å². The number of carbonyl (C=O) groups is 1. The zero-order valence-corrected chi connectivity index (χ0v) is 17.0. The molecule has 7 heteroatoms. The van der Waals surface area contributed by atoms with E-state index in [1.165, 1.54) is 0 Å². The molecule has 0 bridgehead atoms. The van der Waals surface area contributed by atoms with Crippen LogP contribution in [0.15, 0.2) is 0 Å². The van der Waals surface area contributed by atoms with Gasteiger partial charge in [0.2, 0.25) is 0 Å². The van der Waals surface area contributed by atoms with Crippen LogP contribution in [-0.2, 0) is 18.7 Å². The Bertz CT molecular complexity index is 255. The number of hydrogen-bond acceptors (Lipinski definition) is 5. The molecule has 114 valence electrons. The van der Waals surface area contributed by atoms with E-state index in [0.29, 0.717) is 19.6 Å². The molecular formula is C13H29NNaO4Si+. The van der Waals surface area contributed by atoms with E-state index < -0.39 is 8.32 Å². The van der Waals surface area contributed by atoms with Crippen LogP contribution >= 0.6 is 0 Å². The Morgan fingerprint density at radius 2 is 1.80 bits per heavy atom. The van der Waals surface area contributed by atoms with E-state index in [2.05, 4.69) is 18.0 Å². The van der Waals surface area contributed by atoms with Gasteiger partial charge in [-0.25, -0.2) is 0 Å². The normalized spacial score (nSPS) is 11.3. The van der Waals surface area contributed by atoms with Crippen LogP contribution in [0.1, 0.15) is 12.8 Å². The van der Waals surface area contributed by atoms with Crippen LogP contribution in [0.25, 0.3) is 0 Å². The first kappa shape index (κ1) is 22.8. The van der Waals surface area contributed by atoms with Gasteiger partial charge in [0.15, 0.2) is 8.32 Å². The van der Waals surface area contributed by atoms with Crippen molar-refractivity contribution in [2.24, 2.45) is 0 Å². The second-order valence-corrected chi connectivity index (χ2v) is 9.76. The first-order valence-electron chi connectivity index (χ1n) is 6.79. The quantitative estimate of drug-likeness (QED) is 0.271. The van der Waals surface area contributed by atoms with Crippen LogP contribution in [0.2, 0.25) is 19.1 Å².